The predicted molar refractivity (Wildman–Crippen MR) is 131 cm³/mol. The van der Waals surface area contributed by atoms with Crippen molar-refractivity contribution >= 4 is 35.3 Å². The molecule has 0 unspecified atom stereocenters. The molecule has 0 bridgehead atoms. The molecule has 1 N–H and O–H groups in total. The van der Waals surface area contributed by atoms with E-state index in [1.54, 1.807) is 13.3 Å². The number of rotatable bonds is 9. The topological polar surface area (TPSA) is 72.3 Å². The molecule has 1 aliphatic rings. The third-order valence-corrected chi connectivity index (χ3v) is 4.56. The van der Waals surface area contributed by atoms with Gasteiger partial charge in [0.15, 0.2) is 0 Å². The molecule has 0 saturated heterocycles. The number of carbonyl (C=O) groups excluding carboxylic acids is 1. The molecule has 162 valence electrons. The van der Waals surface area contributed by atoms with Crippen molar-refractivity contribution in [2.24, 2.45) is 9.98 Å². The maximum atomic E-state index is 11.7. The number of nitrogens with one attached hydrogen (secondary N) is 1. The Morgan fingerprint density at radius 3 is 2.69 bits per heavy atom. The number of methoxy groups -OCH3 is 1. The molecule has 3 rings (SSSR count). The van der Waals surface area contributed by atoms with E-state index >= 15 is 0 Å². The lowest BCUT2D eigenvalue weighted by molar-refractivity contribution is -0.111. The van der Waals surface area contributed by atoms with Gasteiger partial charge in [-0.25, -0.2) is 4.99 Å². The molecule has 0 radical (unpaired) electrons. The predicted octanol–water partition coefficient (Wildman–Crippen LogP) is 5.15. The highest BCUT2D eigenvalue weighted by atomic mass is 16.5. The van der Waals surface area contributed by atoms with Gasteiger partial charge in [0.05, 0.1) is 18.0 Å². The Kier molecular flexibility index (Phi) is 8.06. The third-order valence-electron chi connectivity index (χ3n) is 4.56. The Hall–Kier alpha value is -4.03. The summed E-state index contributed by atoms with van der Waals surface area (Å²) in [5.41, 5.74) is 4.83. The summed E-state index contributed by atoms with van der Waals surface area (Å²) in [6.45, 7) is 8.09. The van der Waals surface area contributed by atoms with Crippen molar-refractivity contribution in [1.29, 1.82) is 0 Å². The van der Waals surface area contributed by atoms with Gasteiger partial charge in [-0.2, -0.15) is 0 Å². The van der Waals surface area contributed by atoms with Crippen LogP contribution in [0.4, 0.5) is 11.4 Å². The summed E-state index contributed by atoms with van der Waals surface area (Å²) < 4.78 is 10.6. The van der Waals surface area contributed by atoms with Gasteiger partial charge < -0.3 is 14.8 Å². The Morgan fingerprint density at radius 2 is 1.97 bits per heavy atom. The highest BCUT2D eigenvalue weighted by Crippen LogP contribution is 2.30. The highest BCUT2D eigenvalue weighted by molar-refractivity contribution is 6.34. The van der Waals surface area contributed by atoms with Crippen LogP contribution < -0.4 is 10.1 Å². The van der Waals surface area contributed by atoms with E-state index in [-0.39, 0.29) is 5.91 Å². The molecule has 6 nitrogen and oxygen atoms in total. The second-order valence-electron chi connectivity index (χ2n) is 6.78. The normalized spacial score (nSPS) is 15.3. The van der Waals surface area contributed by atoms with Crippen molar-refractivity contribution in [1.82, 2.24) is 0 Å². The summed E-state index contributed by atoms with van der Waals surface area (Å²) in [5, 5.41) is 2.79. The summed E-state index contributed by atoms with van der Waals surface area (Å²) in [4.78, 5) is 20.5. The van der Waals surface area contributed by atoms with Crippen LogP contribution in [0.1, 0.15) is 5.56 Å². The maximum Gasteiger partial charge on any atom is 0.247 e. The van der Waals surface area contributed by atoms with Gasteiger partial charge in [0.25, 0.3) is 0 Å². The first-order chi connectivity index (χ1) is 15.6. The largest absolute Gasteiger partial charge is 0.491 e. The van der Waals surface area contributed by atoms with Gasteiger partial charge in [-0.1, -0.05) is 36.9 Å². The summed E-state index contributed by atoms with van der Waals surface area (Å²) >= 11 is 0. The van der Waals surface area contributed by atoms with Crippen LogP contribution >= 0.6 is 0 Å². The minimum atomic E-state index is -0.266. The zero-order valence-electron chi connectivity index (χ0n) is 18.0. The molecule has 0 fully saturated rings. The first-order valence-corrected chi connectivity index (χ1v) is 10.0. The molecule has 0 spiro atoms. The van der Waals surface area contributed by atoms with Crippen molar-refractivity contribution in [3.63, 3.8) is 0 Å². The van der Waals surface area contributed by atoms with Gasteiger partial charge in [0.1, 0.15) is 12.4 Å². The number of ether oxygens (including phenoxy) is 2. The van der Waals surface area contributed by atoms with Gasteiger partial charge in [0, 0.05) is 30.1 Å². The smallest absolute Gasteiger partial charge is 0.247 e. The van der Waals surface area contributed by atoms with Crippen molar-refractivity contribution in [3.8, 4) is 5.75 Å². The average Bonchev–Trinajstić information content (AvgIpc) is 2.81. The monoisotopic (exact) mass is 427 g/mol. The van der Waals surface area contributed by atoms with Crippen LogP contribution in [0.2, 0.25) is 0 Å². The van der Waals surface area contributed by atoms with Crippen LogP contribution in [-0.2, 0) is 9.53 Å². The van der Waals surface area contributed by atoms with E-state index in [9.17, 15) is 4.79 Å². The van der Waals surface area contributed by atoms with Gasteiger partial charge in [-0.15, -0.1) is 0 Å². The Bertz CT molecular complexity index is 1110. The number of nitrogens with zero attached hydrogens (tertiary/aromatic N) is 2. The summed E-state index contributed by atoms with van der Waals surface area (Å²) in [5.74, 6) is 0.484. The van der Waals surface area contributed by atoms with Gasteiger partial charge in [-0.3, -0.25) is 9.79 Å². The number of hydrogen-bond acceptors (Lipinski definition) is 5. The van der Waals surface area contributed by atoms with E-state index in [1.807, 2.05) is 66.8 Å². The second kappa shape index (κ2) is 11.4. The zero-order chi connectivity index (χ0) is 22.8. The first-order valence-electron chi connectivity index (χ1n) is 10.0. The van der Waals surface area contributed by atoms with Crippen molar-refractivity contribution in [2.45, 2.75) is 0 Å². The molecule has 1 amide bonds. The van der Waals surface area contributed by atoms with Gasteiger partial charge >= 0.3 is 0 Å². The van der Waals surface area contributed by atoms with Gasteiger partial charge in [-0.05, 0) is 54.8 Å². The molecule has 0 aromatic heterocycles. The van der Waals surface area contributed by atoms with E-state index in [0.717, 1.165) is 33.9 Å². The Morgan fingerprint density at radius 1 is 1.16 bits per heavy atom. The fourth-order valence-corrected chi connectivity index (χ4v) is 3.07. The lowest BCUT2D eigenvalue weighted by Crippen LogP contribution is -2.10. The number of anilines is 1. The molecule has 1 aliphatic carbocycles. The number of benzene rings is 2. The summed E-state index contributed by atoms with van der Waals surface area (Å²) in [6, 6.07) is 15.1. The molecule has 0 atom stereocenters. The highest BCUT2D eigenvalue weighted by Gasteiger charge is 2.17. The summed E-state index contributed by atoms with van der Waals surface area (Å²) in [7, 11) is 1.64. The third kappa shape index (κ3) is 6.00. The number of hydrogen-bond donors (Lipinski definition) is 1. The van der Waals surface area contributed by atoms with E-state index < -0.39 is 0 Å². The average molecular weight is 428 g/mol. The molecule has 0 saturated carbocycles. The Labute approximate surface area is 188 Å². The number of amides is 1. The van der Waals surface area contributed by atoms with Crippen molar-refractivity contribution in [2.75, 3.05) is 25.6 Å². The minimum Gasteiger partial charge on any atom is -0.491 e. The van der Waals surface area contributed by atoms with Crippen LogP contribution in [0.3, 0.4) is 0 Å². The minimum absolute atomic E-state index is 0.266. The molecule has 0 heterocycles. The molecule has 2 aromatic rings. The fourth-order valence-electron chi connectivity index (χ4n) is 3.07. The summed E-state index contributed by atoms with van der Waals surface area (Å²) in [6.07, 6.45) is 8.76. The second-order valence-corrected chi connectivity index (χ2v) is 6.78. The zero-order valence-corrected chi connectivity index (χ0v) is 18.0. The standard InChI is InChI=1S/C26H25N3O3/c1-4-25(30)28-22-9-5-7-19(17-22)24-10-6-8-20(18-27-2)26(24)29-21-11-13-23(14-12-21)32-16-15-31-3/h4-14,17-18H,1-2,15-16H2,3H3,(H,28,30)/b20-18-,29-26?. The van der Waals surface area contributed by atoms with E-state index in [4.69, 9.17) is 14.5 Å². The van der Waals surface area contributed by atoms with Crippen LogP contribution in [0.25, 0.3) is 5.57 Å². The van der Waals surface area contributed by atoms with Crippen LogP contribution in [0.15, 0.2) is 101 Å². The SMILES string of the molecule is C=CC(=O)Nc1cccc(C2=CC=C/C(=C/N=C)C2=Nc2ccc(OCCOC)cc2)c1. The lowest BCUT2D eigenvalue weighted by atomic mass is 9.91. The van der Waals surface area contributed by atoms with Crippen LogP contribution in [0.5, 0.6) is 5.75 Å². The first kappa shape index (κ1) is 22.7. The van der Waals surface area contributed by atoms with Crippen LogP contribution in [0, 0.1) is 0 Å². The molecular formula is C26H25N3O3. The molecule has 6 heteroatoms. The van der Waals surface area contributed by atoms with Crippen molar-refractivity contribution in [3.05, 3.63) is 96.8 Å². The molecule has 2 aromatic carbocycles. The maximum absolute atomic E-state index is 11.7. The van der Waals surface area contributed by atoms with Crippen LogP contribution in [-0.4, -0.2) is 38.7 Å². The molecule has 0 aliphatic heterocycles. The van der Waals surface area contributed by atoms with Crippen molar-refractivity contribution < 1.29 is 14.3 Å². The van der Waals surface area contributed by atoms with E-state index in [1.165, 1.54) is 6.08 Å². The fraction of sp³-hybridized carbons (Fsp3) is 0.115. The lowest BCUT2D eigenvalue weighted by Gasteiger charge is -2.16. The quantitative estimate of drug-likeness (QED) is 0.342. The van der Waals surface area contributed by atoms with Gasteiger partial charge in [0.2, 0.25) is 5.91 Å². The van der Waals surface area contributed by atoms with E-state index in [0.29, 0.717) is 18.9 Å². The Balaban J connectivity index is 1.94. The number of carbonyl (C=O) groups is 1. The number of allylic oxidation sites excluding steroid dienone is 5. The number of aliphatic imine (C=N–C) groups is 2. The molecule has 32 heavy (non-hydrogen) atoms. The molecular weight excluding hydrogens is 402 g/mol. The van der Waals surface area contributed by atoms with E-state index in [2.05, 4.69) is 23.6 Å².